The van der Waals surface area contributed by atoms with E-state index in [0.29, 0.717) is 0 Å². The topological polar surface area (TPSA) is 9.23 Å². The molecule has 82 valence electrons. The van der Waals surface area contributed by atoms with Crippen LogP contribution in [0.15, 0.2) is 48.5 Å². The molecular formula is C13H10F2O. The van der Waals surface area contributed by atoms with Crippen LogP contribution in [-0.4, -0.2) is 0 Å². The monoisotopic (exact) mass is 220 g/mol. The molecule has 16 heavy (non-hydrogen) atoms. The van der Waals surface area contributed by atoms with E-state index in [9.17, 15) is 8.78 Å². The third-order valence-corrected chi connectivity index (χ3v) is 2.14. The summed E-state index contributed by atoms with van der Waals surface area (Å²) in [6.07, 6.45) is 0. The molecule has 2 aromatic rings. The van der Waals surface area contributed by atoms with E-state index in [2.05, 4.69) is 0 Å². The molecule has 0 aliphatic rings. The average Bonchev–Trinajstić information content (AvgIpc) is 2.30. The Kier molecular flexibility index (Phi) is 3.15. The second kappa shape index (κ2) is 4.75. The summed E-state index contributed by atoms with van der Waals surface area (Å²) < 4.78 is 31.0. The SMILES string of the molecule is Fc1ccc(COc2ccccc2F)cc1. The molecule has 2 aromatic carbocycles. The second-order valence-electron chi connectivity index (χ2n) is 3.35. The van der Waals surface area contributed by atoms with Gasteiger partial charge in [-0.25, -0.2) is 8.78 Å². The van der Waals surface area contributed by atoms with E-state index >= 15 is 0 Å². The van der Waals surface area contributed by atoms with Crippen molar-refractivity contribution in [3.63, 3.8) is 0 Å². The lowest BCUT2D eigenvalue weighted by Gasteiger charge is -2.06. The Balaban J connectivity index is 2.02. The summed E-state index contributed by atoms with van der Waals surface area (Å²) in [4.78, 5) is 0. The minimum absolute atomic E-state index is 0.201. The van der Waals surface area contributed by atoms with E-state index in [4.69, 9.17) is 4.74 Å². The molecule has 0 N–H and O–H groups in total. The van der Waals surface area contributed by atoms with Gasteiger partial charge in [-0.1, -0.05) is 24.3 Å². The Bertz CT molecular complexity index is 466. The quantitative estimate of drug-likeness (QED) is 0.768. The van der Waals surface area contributed by atoms with Crippen LogP contribution < -0.4 is 4.74 Å². The molecule has 0 bridgehead atoms. The normalized spacial score (nSPS) is 10.1. The van der Waals surface area contributed by atoms with Gasteiger partial charge in [0.2, 0.25) is 0 Å². The van der Waals surface area contributed by atoms with Gasteiger partial charge in [-0.15, -0.1) is 0 Å². The zero-order chi connectivity index (χ0) is 11.4. The van der Waals surface area contributed by atoms with Gasteiger partial charge in [0.05, 0.1) is 0 Å². The minimum Gasteiger partial charge on any atom is -0.486 e. The van der Waals surface area contributed by atoms with E-state index in [0.717, 1.165) is 5.56 Å². The number of para-hydroxylation sites is 1. The molecule has 0 amide bonds. The summed E-state index contributed by atoms with van der Waals surface area (Å²) >= 11 is 0. The van der Waals surface area contributed by atoms with Crippen molar-refractivity contribution in [1.82, 2.24) is 0 Å². The first-order valence-electron chi connectivity index (χ1n) is 4.87. The van der Waals surface area contributed by atoms with Gasteiger partial charge >= 0.3 is 0 Å². The molecule has 0 saturated heterocycles. The van der Waals surface area contributed by atoms with Crippen molar-refractivity contribution in [2.24, 2.45) is 0 Å². The van der Waals surface area contributed by atoms with Gasteiger partial charge < -0.3 is 4.74 Å². The van der Waals surface area contributed by atoms with Gasteiger partial charge in [-0.3, -0.25) is 0 Å². The first-order valence-corrected chi connectivity index (χ1v) is 4.87. The maximum absolute atomic E-state index is 13.2. The Morgan fingerprint density at radius 1 is 0.875 bits per heavy atom. The Morgan fingerprint density at radius 3 is 2.25 bits per heavy atom. The van der Waals surface area contributed by atoms with Crippen molar-refractivity contribution in [2.75, 3.05) is 0 Å². The second-order valence-corrected chi connectivity index (χ2v) is 3.35. The maximum atomic E-state index is 13.2. The fourth-order valence-electron chi connectivity index (χ4n) is 1.30. The fourth-order valence-corrected chi connectivity index (χ4v) is 1.30. The lowest BCUT2D eigenvalue weighted by Crippen LogP contribution is -1.97. The lowest BCUT2D eigenvalue weighted by molar-refractivity contribution is 0.290. The van der Waals surface area contributed by atoms with Crippen molar-refractivity contribution in [3.05, 3.63) is 65.7 Å². The summed E-state index contributed by atoms with van der Waals surface area (Å²) in [5.74, 6) is -0.494. The molecule has 0 heterocycles. The standard InChI is InChI=1S/C13H10F2O/c14-11-7-5-10(6-8-11)9-16-13-4-2-1-3-12(13)15/h1-8H,9H2. The summed E-state index contributed by atoms with van der Waals surface area (Å²) in [6, 6.07) is 12.1. The number of hydrogen-bond donors (Lipinski definition) is 0. The van der Waals surface area contributed by atoms with E-state index < -0.39 is 5.82 Å². The molecule has 0 aliphatic carbocycles. The Hall–Kier alpha value is -1.90. The zero-order valence-electron chi connectivity index (χ0n) is 8.49. The van der Waals surface area contributed by atoms with E-state index in [-0.39, 0.29) is 18.2 Å². The first kappa shape index (κ1) is 10.6. The summed E-state index contributed by atoms with van der Waals surface area (Å²) in [5, 5.41) is 0. The van der Waals surface area contributed by atoms with Crippen LogP contribution in [0, 0.1) is 11.6 Å². The molecule has 0 aliphatic heterocycles. The molecule has 0 atom stereocenters. The molecule has 0 saturated carbocycles. The van der Waals surface area contributed by atoms with Crippen molar-refractivity contribution < 1.29 is 13.5 Å². The molecule has 0 radical (unpaired) electrons. The average molecular weight is 220 g/mol. The predicted octanol–water partition coefficient (Wildman–Crippen LogP) is 3.54. The maximum Gasteiger partial charge on any atom is 0.165 e. The zero-order valence-corrected chi connectivity index (χ0v) is 8.49. The van der Waals surface area contributed by atoms with Crippen LogP contribution in [0.3, 0.4) is 0 Å². The van der Waals surface area contributed by atoms with Gasteiger partial charge in [0.25, 0.3) is 0 Å². The number of ether oxygens (including phenoxy) is 1. The first-order chi connectivity index (χ1) is 7.75. The van der Waals surface area contributed by atoms with Crippen molar-refractivity contribution in [1.29, 1.82) is 0 Å². The third-order valence-electron chi connectivity index (χ3n) is 2.14. The van der Waals surface area contributed by atoms with Gasteiger partial charge in [0, 0.05) is 0 Å². The van der Waals surface area contributed by atoms with E-state index in [1.165, 1.54) is 18.2 Å². The number of halogens is 2. The van der Waals surface area contributed by atoms with Crippen LogP contribution in [-0.2, 0) is 6.61 Å². The molecule has 3 heteroatoms. The van der Waals surface area contributed by atoms with Gasteiger partial charge in [-0.05, 0) is 29.8 Å². The van der Waals surface area contributed by atoms with Crippen molar-refractivity contribution in [2.45, 2.75) is 6.61 Å². The van der Waals surface area contributed by atoms with Crippen LogP contribution in [0.2, 0.25) is 0 Å². The highest BCUT2D eigenvalue weighted by Gasteiger charge is 2.01. The van der Waals surface area contributed by atoms with Gasteiger partial charge in [-0.2, -0.15) is 0 Å². The fraction of sp³-hybridized carbons (Fsp3) is 0.0769. The highest BCUT2D eigenvalue weighted by molar-refractivity contribution is 5.24. The molecule has 1 nitrogen and oxygen atoms in total. The van der Waals surface area contributed by atoms with Crippen LogP contribution in [0.25, 0.3) is 0 Å². The highest BCUT2D eigenvalue weighted by atomic mass is 19.1. The van der Waals surface area contributed by atoms with Crippen molar-refractivity contribution >= 4 is 0 Å². The minimum atomic E-state index is -0.399. The number of benzene rings is 2. The van der Waals surface area contributed by atoms with Gasteiger partial charge in [0.15, 0.2) is 11.6 Å². The third kappa shape index (κ3) is 2.57. The Morgan fingerprint density at radius 2 is 1.56 bits per heavy atom. The van der Waals surface area contributed by atoms with Gasteiger partial charge in [0.1, 0.15) is 12.4 Å². The lowest BCUT2D eigenvalue weighted by atomic mass is 10.2. The smallest absolute Gasteiger partial charge is 0.165 e. The largest absolute Gasteiger partial charge is 0.486 e. The molecule has 0 spiro atoms. The van der Waals surface area contributed by atoms with E-state index in [1.807, 2.05) is 0 Å². The van der Waals surface area contributed by atoms with E-state index in [1.54, 1.807) is 30.3 Å². The molecule has 0 fully saturated rings. The summed E-state index contributed by atoms with van der Waals surface area (Å²) in [6.45, 7) is 0.223. The van der Waals surface area contributed by atoms with Crippen LogP contribution >= 0.6 is 0 Å². The summed E-state index contributed by atoms with van der Waals surface area (Å²) in [5.41, 5.74) is 0.796. The molecule has 2 rings (SSSR count). The summed E-state index contributed by atoms with van der Waals surface area (Å²) in [7, 11) is 0. The Labute approximate surface area is 92.3 Å². The highest BCUT2D eigenvalue weighted by Crippen LogP contribution is 2.17. The van der Waals surface area contributed by atoms with Crippen LogP contribution in [0.1, 0.15) is 5.56 Å². The molecule has 0 unspecified atom stereocenters. The molecule has 0 aromatic heterocycles. The van der Waals surface area contributed by atoms with Crippen molar-refractivity contribution in [3.8, 4) is 5.75 Å². The number of hydrogen-bond acceptors (Lipinski definition) is 1. The van der Waals surface area contributed by atoms with Crippen LogP contribution in [0.4, 0.5) is 8.78 Å². The van der Waals surface area contributed by atoms with Crippen LogP contribution in [0.5, 0.6) is 5.75 Å². The molecular weight excluding hydrogens is 210 g/mol. The predicted molar refractivity (Wildman–Crippen MR) is 57.1 cm³/mol. The number of rotatable bonds is 3.